The van der Waals surface area contributed by atoms with Gasteiger partial charge in [-0.05, 0) is 66.0 Å². The van der Waals surface area contributed by atoms with E-state index >= 15 is 0 Å². The monoisotopic (exact) mass is 684 g/mol. The molecule has 1 aromatic heterocycles. The van der Waals surface area contributed by atoms with Crippen LogP contribution in [0.25, 0.3) is 10.8 Å². The van der Waals surface area contributed by atoms with Crippen LogP contribution in [0, 0.1) is 6.08 Å². The number of halogens is 2. The van der Waals surface area contributed by atoms with Gasteiger partial charge in [-0.3, -0.25) is 4.55 Å². The highest BCUT2D eigenvalue weighted by Crippen LogP contribution is 2.46. The van der Waals surface area contributed by atoms with E-state index in [4.69, 9.17) is 17.3 Å². The second-order valence-corrected chi connectivity index (χ2v) is 11.8. The fourth-order valence-electron chi connectivity index (χ4n) is 4.48. The topological polar surface area (TPSA) is 213 Å². The molecule has 0 radical (unpaired) electrons. The van der Waals surface area contributed by atoms with Crippen LogP contribution in [0.3, 0.4) is 0 Å². The Balaban J connectivity index is 1.31. The summed E-state index contributed by atoms with van der Waals surface area (Å²) in [5.41, 5.74) is 7.55. The number of anilines is 5. The fourth-order valence-corrected chi connectivity index (χ4v) is 5.33. The third kappa shape index (κ3) is 7.31. The Morgan fingerprint density at radius 1 is 0.750 bits per heavy atom. The van der Waals surface area contributed by atoms with Crippen molar-refractivity contribution in [2.24, 2.45) is 20.5 Å². The van der Waals surface area contributed by atoms with Crippen LogP contribution in [0.1, 0.15) is 0 Å². The molecule has 6 rings (SSSR count). The number of azo groups is 2. The molecular weight excluding hydrogens is 663 g/mol. The summed E-state index contributed by atoms with van der Waals surface area (Å²) in [6.45, 7) is 0. The first-order valence-electron chi connectivity index (χ1n) is 13.8. The van der Waals surface area contributed by atoms with Gasteiger partial charge in [0.2, 0.25) is 11.9 Å². The van der Waals surface area contributed by atoms with Crippen LogP contribution in [0.5, 0.6) is 5.75 Å². The minimum absolute atomic E-state index is 0.0111. The number of aromatic nitrogens is 3. The molecule has 0 saturated heterocycles. The molecule has 5 aromatic carbocycles. The third-order valence-corrected chi connectivity index (χ3v) is 7.70. The van der Waals surface area contributed by atoms with Gasteiger partial charge in [0.25, 0.3) is 10.1 Å². The number of fused-ring (bicyclic) bond motifs is 1. The zero-order chi connectivity index (χ0) is 33.8. The number of aromatic hydroxyl groups is 1. The average molecular weight is 685 g/mol. The maximum atomic E-state index is 14.2. The first kappa shape index (κ1) is 31.9. The molecule has 6 aromatic rings. The molecule has 0 fully saturated rings. The lowest BCUT2D eigenvalue weighted by molar-refractivity contribution is 0.472. The Labute approximate surface area is 276 Å². The van der Waals surface area contributed by atoms with E-state index in [1.165, 1.54) is 24.3 Å². The molecule has 0 atom stereocenters. The molecular formula is C31H22ClFN10O4S. The van der Waals surface area contributed by atoms with E-state index in [1.807, 2.05) is 6.07 Å². The van der Waals surface area contributed by atoms with Gasteiger partial charge < -0.3 is 21.5 Å². The summed E-state index contributed by atoms with van der Waals surface area (Å²) >= 11 is 6.00. The fraction of sp³-hybridized carbons (Fsp3) is 0. The molecule has 0 aliphatic heterocycles. The number of nitrogen functional groups attached to an aromatic ring is 1. The van der Waals surface area contributed by atoms with Crippen LogP contribution in [0.2, 0.25) is 5.02 Å². The Hall–Kier alpha value is -6.10. The van der Waals surface area contributed by atoms with Gasteiger partial charge in [0, 0.05) is 16.4 Å². The number of nitrogens with zero attached hydrogens (tertiary/aromatic N) is 7. The largest absolute Gasteiger partial charge is 0.505 e. The first-order chi connectivity index (χ1) is 23.0. The van der Waals surface area contributed by atoms with Gasteiger partial charge in [0.15, 0.2) is 5.75 Å². The van der Waals surface area contributed by atoms with Crippen molar-refractivity contribution in [3.63, 3.8) is 0 Å². The Bertz CT molecular complexity index is 2350. The summed E-state index contributed by atoms with van der Waals surface area (Å²) in [6, 6.07) is 25.8. The summed E-state index contributed by atoms with van der Waals surface area (Å²) in [5, 5.41) is 33.9. The quantitative estimate of drug-likeness (QED) is 0.0555. The Morgan fingerprint density at radius 2 is 1.40 bits per heavy atom. The predicted molar refractivity (Wildman–Crippen MR) is 179 cm³/mol. The van der Waals surface area contributed by atoms with Gasteiger partial charge in [-0.2, -0.15) is 38.0 Å². The van der Waals surface area contributed by atoms with Crippen molar-refractivity contribution in [2.75, 3.05) is 16.4 Å². The van der Waals surface area contributed by atoms with Crippen molar-refractivity contribution in [1.29, 1.82) is 0 Å². The van der Waals surface area contributed by atoms with Crippen molar-refractivity contribution in [1.82, 2.24) is 15.0 Å². The maximum Gasteiger partial charge on any atom is 0.315 e. The Kier molecular flexibility index (Phi) is 8.85. The molecule has 0 amide bonds. The number of hydrogen-bond donors (Lipinski definition) is 5. The van der Waals surface area contributed by atoms with Crippen LogP contribution in [-0.2, 0) is 10.1 Å². The van der Waals surface area contributed by atoms with Crippen molar-refractivity contribution < 1.29 is 22.5 Å². The standard InChI is InChI=1S/C31H22ClFN10O4S/c32-18-6-4-9-20(15-18)35-30-37-29(33)38-31(39-30)36-21-10-5-11-22(16-21)41-43-27-24(48(45,46)47)14-17-12-13-23(26(34)25(17)28(27)44)42-40-19-7-2-1-3-8-19/h1-16,44H,34H2,(H,45,46,47)(H2,35,36,37,38,39). The summed E-state index contributed by atoms with van der Waals surface area (Å²) in [4.78, 5) is 10.8. The van der Waals surface area contributed by atoms with Gasteiger partial charge >= 0.3 is 6.08 Å². The number of phenolic OH excluding ortho intramolecular Hbond substituents is 1. The van der Waals surface area contributed by atoms with Gasteiger partial charge in [-0.15, -0.1) is 10.2 Å². The summed E-state index contributed by atoms with van der Waals surface area (Å²) < 4.78 is 48.9. The molecule has 0 aliphatic rings. The van der Waals surface area contributed by atoms with Crippen molar-refractivity contribution in [2.45, 2.75) is 4.90 Å². The van der Waals surface area contributed by atoms with E-state index in [2.05, 4.69) is 46.0 Å². The van der Waals surface area contributed by atoms with Crippen LogP contribution < -0.4 is 16.4 Å². The maximum absolute atomic E-state index is 14.2. The molecule has 6 N–H and O–H groups in total. The highest BCUT2D eigenvalue weighted by Gasteiger charge is 2.24. The van der Waals surface area contributed by atoms with Crippen molar-refractivity contribution in [3.8, 4) is 5.75 Å². The van der Waals surface area contributed by atoms with Crippen molar-refractivity contribution in [3.05, 3.63) is 108 Å². The molecule has 0 spiro atoms. The molecule has 17 heteroatoms. The molecule has 0 saturated carbocycles. The average Bonchev–Trinajstić information content (AvgIpc) is 3.04. The number of nitrogens with one attached hydrogen (secondary N) is 2. The van der Waals surface area contributed by atoms with E-state index in [1.54, 1.807) is 60.7 Å². The zero-order valence-electron chi connectivity index (χ0n) is 24.3. The van der Waals surface area contributed by atoms with E-state index in [0.717, 1.165) is 6.07 Å². The number of hydrogen-bond acceptors (Lipinski definition) is 13. The summed E-state index contributed by atoms with van der Waals surface area (Å²) in [6.07, 6.45) is -1.05. The van der Waals surface area contributed by atoms with Crippen LogP contribution in [0.4, 0.5) is 56.1 Å². The number of benzene rings is 5. The molecule has 0 bridgehead atoms. The molecule has 1 heterocycles. The molecule has 0 aliphatic carbocycles. The minimum Gasteiger partial charge on any atom is -0.505 e. The van der Waals surface area contributed by atoms with Gasteiger partial charge in [-0.1, -0.05) is 48.0 Å². The molecule has 0 unspecified atom stereocenters. The Morgan fingerprint density at radius 3 is 2.08 bits per heavy atom. The number of phenols is 1. The summed E-state index contributed by atoms with van der Waals surface area (Å²) in [5.74, 6) is -0.887. The third-order valence-electron chi connectivity index (χ3n) is 6.60. The lowest BCUT2D eigenvalue weighted by atomic mass is 10.1. The van der Waals surface area contributed by atoms with E-state index in [-0.39, 0.29) is 39.7 Å². The lowest BCUT2D eigenvalue weighted by Gasteiger charge is -2.12. The normalized spacial score (nSPS) is 11.8. The van der Waals surface area contributed by atoms with Gasteiger partial charge in [0.05, 0.1) is 22.4 Å². The zero-order valence-corrected chi connectivity index (χ0v) is 25.9. The van der Waals surface area contributed by atoms with E-state index in [0.29, 0.717) is 22.1 Å². The van der Waals surface area contributed by atoms with Crippen LogP contribution in [-0.4, -0.2) is 33.0 Å². The van der Waals surface area contributed by atoms with Crippen LogP contribution in [0.15, 0.2) is 122 Å². The second kappa shape index (κ2) is 13.3. The lowest BCUT2D eigenvalue weighted by Crippen LogP contribution is -2.06. The highest BCUT2D eigenvalue weighted by molar-refractivity contribution is 7.86. The molecule has 240 valence electrons. The second-order valence-electron chi connectivity index (χ2n) is 9.94. The van der Waals surface area contributed by atoms with Crippen LogP contribution >= 0.6 is 11.6 Å². The van der Waals surface area contributed by atoms with Gasteiger partial charge in [-0.25, -0.2) is 0 Å². The SMILES string of the molecule is Nc1c(N=Nc2ccccc2)ccc2cc(S(=O)(=O)O)c(N=Nc3cccc(Nc4nc(F)nc(Nc5cccc(Cl)c5)n4)c3)c(O)c12. The summed E-state index contributed by atoms with van der Waals surface area (Å²) in [7, 11) is -4.88. The number of rotatable bonds is 9. The first-order valence-corrected chi connectivity index (χ1v) is 15.6. The molecule has 14 nitrogen and oxygen atoms in total. The molecule has 48 heavy (non-hydrogen) atoms. The van der Waals surface area contributed by atoms with E-state index in [9.17, 15) is 22.5 Å². The predicted octanol–water partition coefficient (Wildman–Crippen LogP) is 8.67. The highest BCUT2D eigenvalue weighted by atomic mass is 35.5. The smallest absolute Gasteiger partial charge is 0.315 e. The number of nitrogens with two attached hydrogens (primary N) is 1. The van der Waals surface area contributed by atoms with Crippen molar-refractivity contribution >= 4 is 84.2 Å². The van der Waals surface area contributed by atoms with E-state index < -0.39 is 32.5 Å². The minimum atomic E-state index is -4.88. The van der Waals surface area contributed by atoms with Gasteiger partial charge in [0.1, 0.15) is 16.3 Å².